The van der Waals surface area contributed by atoms with E-state index in [9.17, 15) is 13.6 Å². The minimum Gasteiger partial charge on any atom is -0.383 e. The standard InChI is InChI=1S/C31H24F2N8O/c32-27(33)18-4-6-19(7-5-18)31(42)38-24-11-8-20-17-21(9-10-22(20)24)41-29(23-3-1-14-35-28(23)34)37-25-12-13-26(39-30(25)41)40-16-2-15-36-40/h1-7,9-10,12-17,24,27H,8,11H2,(H2,34,35)(H,38,42)/t24-/m0/s1. The van der Waals surface area contributed by atoms with Crippen LogP contribution in [0.2, 0.25) is 0 Å². The highest BCUT2D eigenvalue weighted by Crippen LogP contribution is 2.36. The summed E-state index contributed by atoms with van der Waals surface area (Å²) in [6, 6.07) is 20.6. The molecule has 1 atom stereocenters. The highest BCUT2D eigenvalue weighted by molar-refractivity contribution is 5.94. The Kier molecular flexibility index (Phi) is 6.19. The monoisotopic (exact) mass is 562 g/mol. The van der Waals surface area contributed by atoms with Crippen molar-refractivity contribution in [3.8, 4) is 22.9 Å². The second-order valence-corrected chi connectivity index (χ2v) is 10.0. The van der Waals surface area contributed by atoms with Gasteiger partial charge in [0.2, 0.25) is 0 Å². The molecule has 0 bridgehead atoms. The molecule has 4 heterocycles. The second kappa shape index (κ2) is 10.2. The van der Waals surface area contributed by atoms with Crippen LogP contribution in [0, 0.1) is 0 Å². The van der Waals surface area contributed by atoms with E-state index in [4.69, 9.17) is 15.7 Å². The Labute approximate surface area is 238 Å². The van der Waals surface area contributed by atoms with Gasteiger partial charge in [-0.3, -0.25) is 9.36 Å². The van der Waals surface area contributed by atoms with Gasteiger partial charge in [0.15, 0.2) is 17.3 Å². The molecule has 9 nitrogen and oxygen atoms in total. The number of pyridine rings is 2. The van der Waals surface area contributed by atoms with Gasteiger partial charge in [0, 0.05) is 35.4 Å². The van der Waals surface area contributed by atoms with Gasteiger partial charge >= 0.3 is 0 Å². The lowest BCUT2D eigenvalue weighted by atomic mass is 10.1. The molecule has 2 aromatic carbocycles. The summed E-state index contributed by atoms with van der Waals surface area (Å²) in [5, 5.41) is 7.37. The number of benzene rings is 2. The Morgan fingerprint density at radius 3 is 2.62 bits per heavy atom. The molecule has 208 valence electrons. The Bertz CT molecular complexity index is 1930. The minimum absolute atomic E-state index is 0.115. The van der Waals surface area contributed by atoms with Crippen LogP contribution < -0.4 is 11.1 Å². The number of amides is 1. The molecule has 1 aliphatic rings. The number of hydrogen-bond acceptors (Lipinski definition) is 6. The van der Waals surface area contributed by atoms with Crippen LogP contribution in [0.15, 0.2) is 91.4 Å². The van der Waals surface area contributed by atoms with E-state index in [-0.39, 0.29) is 17.5 Å². The van der Waals surface area contributed by atoms with Crippen molar-refractivity contribution in [2.24, 2.45) is 0 Å². The molecule has 0 saturated heterocycles. The summed E-state index contributed by atoms with van der Waals surface area (Å²) in [5.74, 6) is 1.30. The second-order valence-electron chi connectivity index (χ2n) is 10.0. The third-order valence-corrected chi connectivity index (χ3v) is 7.50. The summed E-state index contributed by atoms with van der Waals surface area (Å²) in [7, 11) is 0. The van der Waals surface area contributed by atoms with Crippen molar-refractivity contribution in [1.82, 2.24) is 34.6 Å². The van der Waals surface area contributed by atoms with Crippen molar-refractivity contribution in [2.45, 2.75) is 25.3 Å². The summed E-state index contributed by atoms with van der Waals surface area (Å²) >= 11 is 0. The summed E-state index contributed by atoms with van der Waals surface area (Å²) in [6.07, 6.45) is 4.05. The maximum absolute atomic E-state index is 12.9. The van der Waals surface area contributed by atoms with E-state index in [1.807, 2.05) is 53.2 Å². The highest BCUT2D eigenvalue weighted by Gasteiger charge is 2.26. The molecule has 4 aromatic heterocycles. The third kappa shape index (κ3) is 4.44. The predicted octanol–water partition coefficient (Wildman–Crippen LogP) is 5.61. The smallest absolute Gasteiger partial charge is 0.263 e. The average molecular weight is 563 g/mol. The molecular formula is C31H24F2N8O. The molecule has 0 radical (unpaired) electrons. The van der Waals surface area contributed by atoms with Gasteiger partial charge in [-0.25, -0.2) is 28.4 Å². The van der Waals surface area contributed by atoms with Crippen molar-refractivity contribution in [1.29, 1.82) is 0 Å². The van der Waals surface area contributed by atoms with Gasteiger partial charge in [0.1, 0.15) is 11.3 Å². The number of halogens is 2. The lowest BCUT2D eigenvalue weighted by Gasteiger charge is -2.16. The quantitative estimate of drug-likeness (QED) is 0.273. The number of anilines is 1. The first kappa shape index (κ1) is 25.5. The van der Waals surface area contributed by atoms with E-state index in [0.717, 1.165) is 23.2 Å². The summed E-state index contributed by atoms with van der Waals surface area (Å²) in [4.78, 5) is 27.0. The van der Waals surface area contributed by atoms with Gasteiger partial charge in [0.05, 0.1) is 11.6 Å². The summed E-state index contributed by atoms with van der Waals surface area (Å²) in [5.41, 5.74) is 11.4. The fraction of sp³-hybridized carbons (Fsp3) is 0.129. The fourth-order valence-electron chi connectivity index (χ4n) is 5.43. The first-order chi connectivity index (χ1) is 20.5. The van der Waals surface area contributed by atoms with Gasteiger partial charge in [-0.2, -0.15) is 5.10 Å². The van der Waals surface area contributed by atoms with Crippen LogP contribution in [0.4, 0.5) is 14.6 Å². The first-order valence-electron chi connectivity index (χ1n) is 13.4. The van der Waals surface area contributed by atoms with Crippen LogP contribution >= 0.6 is 0 Å². The highest BCUT2D eigenvalue weighted by atomic mass is 19.3. The number of carbonyl (C=O) groups excluding carboxylic acids is 1. The minimum atomic E-state index is -2.58. The lowest BCUT2D eigenvalue weighted by molar-refractivity contribution is 0.0936. The van der Waals surface area contributed by atoms with Crippen molar-refractivity contribution >= 4 is 22.9 Å². The number of hydrogen-bond donors (Lipinski definition) is 2. The fourth-order valence-corrected chi connectivity index (χ4v) is 5.43. The van der Waals surface area contributed by atoms with E-state index in [0.29, 0.717) is 46.2 Å². The van der Waals surface area contributed by atoms with Gasteiger partial charge in [0.25, 0.3) is 12.3 Å². The molecular weight excluding hydrogens is 538 g/mol. The molecule has 0 spiro atoms. The van der Waals surface area contributed by atoms with Gasteiger partial charge in [-0.15, -0.1) is 0 Å². The van der Waals surface area contributed by atoms with Crippen LogP contribution in [0.5, 0.6) is 0 Å². The maximum Gasteiger partial charge on any atom is 0.263 e. The van der Waals surface area contributed by atoms with Crippen molar-refractivity contribution in [2.75, 3.05) is 5.73 Å². The van der Waals surface area contributed by atoms with E-state index in [1.54, 1.807) is 17.1 Å². The zero-order valence-corrected chi connectivity index (χ0v) is 22.2. The molecule has 0 saturated carbocycles. The molecule has 0 aliphatic heterocycles. The first-order valence-corrected chi connectivity index (χ1v) is 13.4. The maximum atomic E-state index is 12.9. The topological polar surface area (TPSA) is 117 Å². The van der Waals surface area contributed by atoms with E-state index in [2.05, 4.69) is 21.5 Å². The number of nitrogens with two attached hydrogens (primary N) is 1. The van der Waals surface area contributed by atoms with Gasteiger partial charge in [-0.05, 0) is 78.6 Å². The number of nitrogens with zero attached hydrogens (tertiary/aromatic N) is 6. The number of aromatic nitrogens is 6. The van der Waals surface area contributed by atoms with Crippen LogP contribution in [0.25, 0.3) is 34.1 Å². The zero-order valence-electron chi connectivity index (χ0n) is 22.2. The van der Waals surface area contributed by atoms with Crippen LogP contribution in [-0.4, -0.2) is 35.2 Å². The summed E-state index contributed by atoms with van der Waals surface area (Å²) in [6.45, 7) is 0. The van der Waals surface area contributed by atoms with E-state index in [1.165, 1.54) is 24.3 Å². The molecule has 1 amide bonds. The Morgan fingerprint density at radius 1 is 1.00 bits per heavy atom. The van der Waals surface area contributed by atoms with Crippen molar-refractivity contribution in [3.05, 3.63) is 114 Å². The molecule has 0 unspecified atom stereocenters. The van der Waals surface area contributed by atoms with Gasteiger partial charge in [-0.1, -0.05) is 18.2 Å². The van der Waals surface area contributed by atoms with Crippen molar-refractivity contribution < 1.29 is 13.6 Å². The molecule has 42 heavy (non-hydrogen) atoms. The Hall–Kier alpha value is -5.45. The van der Waals surface area contributed by atoms with E-state index >= 15 is 0 Å². The Morgan fingerprint density at radius 2 is 1.86 bits per heavy atom. The van der Waals surface area contributed by atoms with Crippen LogP contribution in [-0.2, 0) is 6.42 Å². The SMILES string of the molecule is Nc1ncccc1-c1nc2ccc(-n3cccn3)nc2n1-c1ccc2c(c1)CC[C@@H]2NC(=O)c1ccc(C(F)F)cc1. The molecule has 6 aromatic rings. The largest absolute Gasteiger partial charge is 0.383 e. The zero-order chi connectivity index (χ0) is 28.8. The Balaban J connectivity index is 1.27. The number of nitrogens with one attached hydrogen (secondary N) is 1. The average Bonchev–Trinajstić information content (AvgIpc) is 3.76. The molecule has 11 heteroatoms. The molecule has 3 N–H and O–H groups in total. The number of rotatable bonds is 6. The van der Waals surface area contributed by atoms with Crippen LogP contribution in [0.3, 0.4) is 0 Å². The predicted molar refractivity (Wildman–Crippen MR) is 154 cm³/mol. The van der Waals surface area contributed by atoms with E-state index < -0.39 is 6.43 Å². The molecule has 7 rings (SSSR count). The number of imidazole rings is 1. The van der Waals surface area contributed by atoms with Gasteiger partial charge < -0.3 is 11.1 Å². The lowest BCUT2D eigenvalue weighted by Crippen LogP contribution is -2.27. The number of nitrogen functional groups attached to an aromatic ring is 1. The normalized spacial score (nSPS) is 14.4. The number of fused-ring (bicyclic) bond motifs is 2. The number of carbonyl (C=O) groups is 1. The molecule has 1 aliphatic carbocycles. The van der Waals surface area contributed by atoms with Crippen molar-refractivity contribution in [3.63, 3.8) is 0 Å². The number of aryl methyl sites for hydroxylation is 1. The molecule has 0 fully saturated rings. The third-order valence-electron chi connectivity index (χ3n) is 7.50. The van der Waals surface area contributed by atoms with Crippen LogP contribution in [0.1, 0.15) is 45.9 Å². The number of alkyl halides is 2. The summed E-state index contributed by atoms with van der Waals surface area (Å²) < 4.78 is 29.5.